The van der Waals surface area contributed by atoms with Crippen molar-refractivity contribution in [1.29, 1.82) is 0 Å². The molecular weight excluding hydrogens is 311 g/mol. The van der Waals surface area contributed by atoms with Gasteiger partial charge in [-0.15, -0.1) is 0 Å². The van der Waals surface area contributed by atoms with Crippen LogP contribution in [0.2, 0.25) is 0 Å². The quantitative estimate of drug-likeness (QED) is 0.359. The molecule has 48 valence electrons. The minimum absolute atomic E-state index is 0. The molecule has 0 aliphatic heterocycles. The van der Waals surface area contributed by atoms with Gasteiger partial charge >= 0.3 is 39.0 Å². The predicted molar refractivity (Wildman–Crippen MR) is 48.3 cm³/mol. The predicted octanol–water partition coefficient (Wildman–Crippen LogP) is -0.451. The molecular formula is C2H4N2S4Zn2+2. The molecule has 0 radical (unpaired) electrons. The van der Waals surface area contributed by atoms with E-state index in [9.17, 15) is 0 Å². The summed E-state index contributed by atoms with van der Waals surface area (Å²) in [5.74, 6) is 0. The van der Waals surface area contributed by atoms with E-state index in [1.807, 2.05) is 0 Å². The molecule has 0 bridgehead atoms. The van der Waals surface area contributed by atoms with E-state index in [4.69, 9.17) is 0 Å². The molecule has 0 rings (SSSR count). The summed E-state index contributed by atoms with van der Waals surface area (Å²) >= 11 is 16.5. The van der Waals surface area contributed by atoms with Gasteiger partial charge in [0.15, 0.2) is 0 Å². The first kappa shape index (κ1) is 22.5. The molecule has 0 spiro atoms. The van der Waals surface area contributed by atoms with Crippen molar-refractivity contribution in [2.75, 3.05) is 0 Å². The number of hydrogen-bond donors (Lipinski definition) is 2. The van der Waals surface area contributed by atoms with E-state index in [2.05, 4.69) is 61.2 Å². The van der Waals surface area contributed by atoms with E-state index in [0.29, 0.717) is 0 Å². The Kier molecular flexibility index (Phi) is 37.9. The molecule has 0 heterocycles. The molecule has 0 saturated carbocycles. The molecule has 4 N–H and O–H groups in total. The van der Waals surface area contributed by atoms with E-state index < -0.39 is 0 Å². The van der Waals surface area contributed by atoms with Crippen LogP contribution in [0.4, 0.5) is 0 Å². The fraction of sp³-hybridized carbons (Fsp3) is 0. The third kappa shape index (κ3) is 315. The van der Waals surface area contributed by atoms with Crippen LogP contribution in [0.15, 0.2) is 0 Å². The van der Waals surface area contributed by atoms with Gasteiger partial charge in [0.2, 0.25) is 0 Å². The minimum Gasteiger partial charge on any atom is -0.415 e. The van der Waals surface area contributed by atoms with Gasteiger partial charge in [0.05, 0.1) is 0 Å². The first-order valence-corrected chi connectivity index (χ1v) is 3.03. The average Bonchev–Trinajstić information content (AvgIpc) is 1.25. The van der Waals surface area contributed by atoms with Crippen molar-refractivity contribution >= 4 is 58.3 Å². The number of nitrogens with two attached hydrogens (primary N) is 2. The maximum absolute atomic E-state index is 4.66. The number of rotatable bonds is 0. The summed E-state index contributed by atoms with van der Waals surface area (Å²) in [6.45, 7) is 0. The van der Waals surface area contributed by atoms with Crippen LogP contribution in [0.3, 0.4) is 0 Å². The third-order valence-electron chi connectivity index (χ3n) is 0. The van der Waals surface area contributed by atoms with E-state index in [-0.39, 0.29) is 47.6 Å². The van der Waals surface area contributed by atoms with Crippen molar-refractivity contribution in [1.82, 2.24) is 0 Å². The molecule has 0 aliphatic carbocycles. The molecule has 10 heavy (non-hydrogen) atoms. The van der Waals surface area contributed by atoms with Crippen molar-refractivity contribution in [2.24, 2.45) is 11.5 Å². The number of thiocarbonyl (C=S) groups is 2. The van der Waals surface area contributed by atoms with Gasteiger partial charge < -0.3 is 61.2 Å². The van der Waals surface area contributed by atoms with Crippen LogP contribution < -0.4 is 11.5 Å². The maximum Gasteiger partial charge on any atom is 2.00 e. The summed E-state index contributed by atoms with van der Waals surface area (Å²) in [6, 6.07) is 0. The van der Waals surface area contributed by atoms with E-state index in [1.165, 1.54) is 0 Å². The second-order valence-electron chi connectivity index (χ2n) is 0.638. The first-order chi connectivity index (χ1) is 3.46. The Bertz CT molecular complexity index is 77.3. The van der Waals surface area contributed by atoms with Crippen molar-refractivity contribution < 1.29 is 39.0 Å². The average molecular weight is 315 g/mol. The number of hydrogen-bond acceptors (Lipinski definition) is 4. The maximum atomic E-state index is 4.66. The Morgan fingerprint density at radius 1 is 0.900 bits per heavy atom. The largest absolute Gasteiger partial charge is 2.00 e. The smallest absolute Gasteiger partial charge is 0.415 e. The SMILES string of the molecule is NC(=S)[S-].NC(=S)[S-].[Zn+2].[Zn+2]. The van der Waals surface area contributed by atoms with Crippen LogP contribution in [0, 0.1) is 0 Å². The molecule has 8 heteroatoms. The zero-order valence-corrected chi connectivity index (χ0v) is 14.4. The van der Waals surface area contributed by atoms with Crippen LogP contribution in [-0.2, 0) is 64.2 Å². The summed E-state index contributed by atoms with van der Waals surface area (Å²) in [6.07, 6.45) is 0. The van der Waals surface area contributed by atoms with Crippen LogP contribution in [0.25, 0.3) is 0 Å². The topological polar surface area (TPSA) is 52.0 Å². The Morgan fingerprint density at radius 2 is 0.900 bits per heavy atom. The molecule has 0 atom stereocenters. The Labute approximate surface area is 108 Å². The van der Waals surface area contributed by atoms with Gasteiger partial charge in [-0.1, -0.05) is 8.64 Å². The molecule has 0 aromatic heterocycles. The van der Waals surface area contributed by atoms with Crippen LogP contribution >= 0.6 is 24.4 Å². The normalized spacial score (nSPS) is 4.80. The summed E-state index contributed by atoms with van der Waals surface area (Å²) < 4.78 is 0.167. The summed E-state index contributed by atoms with van der Waals surface area (Å²) in [5.41, 5.74) is 9.31. The van der Waals surface area contributed by atoms with Gasteiger partial charge in [-0.05, 0) is 0 Å². The van der Waals surface area contributed by atoms with Crippen LogP contribution in [-0.4, -0.2) is 8.64 Å². The van der Waals surface area contributed by atoms with Crippen LogP contribution in [0.5, 0.6) is 0 Å². The molecule has 0 unspecified atom stereocenters. The monoisotopic (exact) mass is 312 g/mol. The van der Waals surface area contributed by atoms with Gasteiger partial charge in [-0.25, -0.2) is 0 Å². The summed E-state index contributed by atoms with van der Waals surface area (Å²) in [5, 5.41) is 0. The van der Waals surface area contributed by atoms with Crippen LogP contribution in [0.1, 0.15) is 0 Å². The van der Waals surface area contributed by atoms with Crippen molar-refractivity contribution in [3.8, 4) is 0 Å². The summed E-state index contributed by atoms with van der Waals surface area (Å²) in [4.78, 5) is 0. The zero-order chi connectivity index (χ0) is 7.15. The molecule has 0 aliphatic rings. The molecule has 0 aromatic rings. The molecule has 0 amide bonds. The molecule has 0 fully saturated rings. The molecule has 0 aromatic carbocycles. The first-order valence-electron chi connectivity index (χ1n) is 1.39. The van der Waals surface area contributed by atoms with E-state index >= 15 is 0 Å². The standard InChI is InChI=1S/2CH3NS2.2Zn/c2*2-1(3)4;;/h2*(H3,2,3,4);;/q;;2*+2/p-2. The fourth-order valence-electron chi connectivity index (χ4n) is 0. The van der Waals surface area contributed by atoms with Gasteiger partial charge in [-0.3, -0.25) is 0 Å². The van der Waals surface area contributed by atoms with Gasteiger partial charge in [0.25, 0.3) is 0 Å². The minimum atomic E-state index is 0. The third-order valence-corrected chi connectivity index (χ3v) is 0. The second kappa shape index (κ2) is 16.8. The van der Waals surface area contributed by atoms with Crippen molar-refractivity contribution in [3.63, 3.8) is 0 Å². The second-order valence-corrected chi connectivity index (χ2v) is 2.91. The zero-order valence-electron chi connectivity index (χ0n) is 5.20. The van der Waals surface area contributed by atoms with Crippen molar-refractivity contribution in [2.45, 2.75) is 0 Å². The summed E-state index contributed by atoms with van der Waals surface area (Å²) in [7, 11) is 0. The Balaban J connectivity index is -0.0000000300. The Hall–Kier alpha value is 1.47. The van der Waals surface area contributed by atoms with E-state index in [0.717, 1.165) is 0 Å². The van der Waals surface area contributed by atoms with Gasteiger partial charge in [0.1, 0.15) is 0 Å². The molecule has 2 nitrogen and oxygen atoms in total. The van der Waals surface area contributed by atoms with E-state index in [1.54, 1.807) is 0 Å². The van der Waals surface area contributed by atoms with Gasteiger partial charge in [0, 0.05) is 0 Å². The van der Waals surface area contributed by atoms with Crippen molar-refractivity contribution in [3.05, 3.63) is 0 Å². The van der Waals surface area contributed by atoms with Gasteiger partial charge in [-0.2, -0.15) is 0 Å². The Morgan fingerprint density at radius 3 is 0.900 bits per heavy atom. The fourth-order valence-corrected chi connectivity index (χ4v) is 0. The molecule has 0 saturated heterocycles.